The van der Waals surface area contributed by atoms with Gasteiger partial charge in [-0.15, -0.1) is 0 Å². The average molecular weight is 355 g/mol. The number of hydrogen-bond acceptors (Lipinski definition) is 1. The van der Waals surface area contributed by atoms with E-state index in [4.69, 9.17) is 4.74 Å². The maximum atomic E-state index is 5.47. The van der Waals surface area contributed by atoms with Crippen LogP contribution in [0.5, 0.6) is 0 Å². The molecule has 2 heteroatoms. The van der Waals surface area contributed by atoms with Crippen molar-refractivity contribution in [2.45, 2.75) is 58.7 Å². The van der Waals surface area contributed by atoms with Gasteiger partial charge in [-0.3, -0.25) is 0 Å². The van der Waals surface area contributed by atoms with E-state index >= 15 is 0 Å². The molecule has 0 fully saturated rings. The molecule has 26 heavy (non-hydrogen) atoms. The zero-order valence-electron chi connectivity index (χ0n) is 17.4. The molecule has 0 amide bonds. The summed E-state index contributed by atoms with van der Waals surface area (Å²) in [6.07, 6.45) is 1.14. The second-order valence-electron chi connectivity index (χ2n) is 8.14. The number of ether oxygens (including phenoxy) is 1. The molecule has 0 saturated carbocycles. The molecule has 0 bridgehead atoms. The average Bonchev–Trinajstić information content (AvgIpc) is 2.63. The molecule has 2 nitrogen and oxygen atoms in total. The van der Waals surface area contributed by atoms with Crippen LogP contribution in [0.15, 0.2) is 54.6 Å². The smallest absolute Gasteiger partial charge is 0.0833 e. The van der Waals surface area contributed by atoms with Gasteiger partial charge in [0.25, 0.3) is 0 Å². The second kappa shape index (κ2) is 9.34. The minimum atomic E-state index is 0.400. The van der Waals surface area contributed by atoms with Crippen LogP contribution in [-0.2, 0) is 11.3 Å². The second-order valence-corrected chi connectivity index (χ2v) is 8.14. The summed E-state index contributed by atoms with van der Waals surface area (Å²) < 4.78 is 6.57. The summed E-state index contributed by atoms with van der Waals surface area (Å²) in [6, 6.07) is 20.9. The predicted molar refractivity (Wildman–Crippen MR) is 111 cm³/mol. The van der Waals surface area contributed by atoms with E-state index in [-0.39, 0.29) is 0 Å². The van der Waals surface area contributed by atoms with E-state index in [9.17, 15) is 0 Å². The maximum absolute atomic E-state index is 5.47. The molecule has 1 atom stereocenters. The lowest BCUT2D eigenvalue weighted by Crippen LogP contribution is -2.55. The largest absolute Gasteiger partial charge is 0.380 e. The summed E-state index contributed by atoms with van der Waals surface area (Å²) in [6.45, 7) is 11.2. The number of hydrogen-bond donors (Lipinski definition) is 0. The molecule has 0 saturated heterocycles. The monoisotopic (exact) mass is 354 g/mol. The molecule has 0 aliphatic rings. The zero-order valence-corrected chi connectivity index (χ0v) is 17.4. The van der Waals surface area contributed by atoms with E-state index in [0.717, 1.165) is 17.4 Å². The normalized spacial score (nSPS) is 13.4. The number of nitrogens with zero attached hydrogens (tertiary/aromatic N) is 1. The molecule has 2 aromatic carbocycles. The standard InChI is InChI=1S/C24H36NO/c1-19(2)25(5,20(3)4)17-16-24(21-12-8-7-9-13-21)23-15-11-10-14-22(23)18-26-6/h7-15,19-20,24H,16-18H2,1-6H3/q+1/t24-/m1/s1. The lowest BCUT2D eigenvalue weighted by atomic mass is 9.85. The van der Waals surface area contributed by atoms with Gasteiger partial charge in [-0.1, -0.05) is 54.6 Å². The highest BCUT2D eigenvalue weighted by Gasteiger charge is 2.31. The van der Waals surface area contributed by atoms with Crippen molar-refractivity contribution in [3.05, 3.63) is 71.3 Å². The maximum Gasteiger partial charge on any atom is 0.0833 e. The molecule has 0 spiro atoms. The number of rotatable bonds is 9. The lowest BCUT2D eigenvalue weighted by Gasteiger charge is -2.43. The summed E-state index contributed by atoms with van der Waals surface area (Å²) in [5.41, 5.74) is 4.10. The highest BCUT2D eigenvalue weighted by molar-refractivity contribution is 5.37. The van der Waals surface area contributed by atoms with Crippen molar-refractivity contribution in [1.29, 1.82) is 0 Å². The van der Waals surface area contributed by atoms with E-state index in [2.05, 4.69) is 89.3 Å². The van der Waals surface area contributed by atoms with Gasteiger partial charge >= 0.3 is 0 Å². The van der Waals surface area contributed by atoms with Crippen molar-refractivity contribution in [2.24, 2.45) is 0 Å². The topological polar surface area (TPSA) is 9.23 Å². The van der Waals surface area contributed by atoms with Crippen LogP contribution in [0.25, 0.3) is 0 Å². The molecule has 2 rings (SSSR count). The van der Waals surface area contributed by atoms with Crippen LogP contribution in [-0.4, -0.2) is 37.3 Å². The molecule has 0 N–H and O–H groups in total. The van der Waals surface area contributed by atoms with Crippen molar-refractivity contribution < 1.29 is 9.22 Å². The molecule has 0 heterocycles. The van der Waals surface area contributed by atoms with Crippen LogP contribution in [0.2, 0.25) is 0 Å². The van der Waals surface area contributed by atoms with Gasteiger partial charge in [0.05, 0.1) is 32.3 Å². The molecule has 0 radical (unpaired) electrons. The Balaban J connectivity index is 2.38. The fraction of sp³-hybridized carbons (Fsp3) is 0.500. The first-order valence-corrected chi connectivity index (χ1v) is 9.86. The fourth-order valence-electron chi connectivity index (χ4n) is 3.87. The van der Waals surface area contributed by atoms with E-state index in [1.54, 1.807) is 7.11 Å². The first kappa shape index (κ1) is 20.7. The van der Waals surface area contributed by atoms with Gasteiger partial charge in [0.2, 0.25) is 0 Å². The summed E-state index contributed by atoms with van der Waals surface area (Å²) in [5.74, 6) is 0.400. The summed E-state index contributed by atoms with van der Waals surface area (Å²) in [7, 11) is 4.18. The van der Waals surface area contributed by atoms with Gasteiger partial charge < -0.3 is 9.22 Å². The first-order chi connectivity index (χ1) is 12.4. The van der Waals surface area contributed by atoms with E-state index < -0.39 is 0 Å². The molecule has 0 aliphatic heterocycles. The Morgan fingerprint density at radius 2 is 1.42 bits per heavy atom. The van der Waals surface area contributed by atoms with Gasteiger partial charge in [-0.2, -0.15) is 0 Å². The third kappa shape index (κ3) is 4.75. The molecule has 142 valence electrons. The van der Waals surface area contributed by atoms with Crippen molar-refractivity contribution in [2.75, 3.05) is 20.7 Å². The van der Waals surface area contributed by atoms with Crippen LogP contribution < -0.4 is 0 Å². The van der Waals surface area contributed by atoms with Crippen LogP contribution in [0.1, 0.15) is 56.7 Å². The number of methoxy groups -OCH3 is 1. The van der Waals surface area contributed by atoms with Crippen LogP contribution >= 0.6 is 0 Å². The quantitative estimate of drug-likeness (QED) is 0.531. The third-order valence-corrected chi connectivity index (χ3v) is 6.19. The van der Waals surface area contributed by atoms with Gasteiger partial charge in [0.1, 0.15) is 0 Å². The Kier molecular flexibility index (Phi) is 7.43. The van der Waals surface area contributed by atoms with Crippen LogP contribution in [0, 0.1) is 0 Å². The SMILES string of the molecule is COCc1ccccc1[C@H](CC[N+](C)(C(C)C)C(C)C)c1ccccc1. The van der Waals surface area contributed by atoms with Gasteiger partial charge in [0, 0.05) is 19.4 Å². The van der Waals surface area contributed by atoms with Crippen molar-refractivity contribution in [3.63, 3.8) is 0 Å². The predicted octanol–water partition coefficient (Wildman–Crippen LogP) is 5.62. The highest BCUT2D eigenvalue weighted by atomic mass is 16.5. The highest BCUT2D eigenvalue weighted by Crippen LogP contribution is 2.32. The third-order valence-electron chi connectivity index (χ3n) is 6.19. The number of benzene rings is 2. The van der Waals surface area contributed by atoms with Crippen LogP contribution in [0.3, 0.4) is 0 Å². The Bertz CT molecular complexity index is 655. The minimum Gasteiger partial charge on any atom is -0.380 e. The van der Waals surface area contributed by atoms with Crippen molar-refractivity contribution in [1.82, 2.24) is 0 Å². The van der Waals surface area contributed by atoms with Gasteiger partial charge in [0.15, 0.2) is 0 Å². The molecule has 0 unspecified atom stereocenters. The van der Waals surface area contributed by atoms with E-state index in [1.165, 1.54) is 16.7 Å². The Morgan fingerprint density at radius 3 is 2.00 bits per heavy atom. The van der Waals surface area contributed by atoms with Crippen molar-refractivity contribution in [3.8, 4) is 0 Å². The Hall–Kier alpha value is -1.64. The lowest BCUT2D eigenvalue weighted by molar-refractivity contribution is -0.949. The summed E-state index contributed by atoms with van der Waals surface area (Å²) in [4.78, 5) is 0. The Labute approximate surface area is 160 Å². The molecule has 2 aromatic rings. The summed E-state index contributed by atoms with van der Waals surface area (Å²) in [5, 5.41) is 0. The Morgan fingerprint density at radius 1 is 0.846 bits per heavy atom. The number of quaternary nitrogens is 1. The zero-order chi connectivity index (χ0) is 19.2. The van der Waals surface area contributed by atoms with Gasteiger partial charge in [-0.25, -0.2) is 0 Å². The molecular weight excluding hydrogens is 318 g/mol. The molecular formula is C24H36NO+. The van der Waals surface area contributed by atoms with E-state index in [1.807, 2.05) is 0 Å². The van der Waals surface area contributed by atoms with Gasteiger partial charge in [-0.05, 0) is 44.4 Å². The minimum absolute atomic E-state index is 0.400. The first-order valence-electron chi connectivity index (χ1n) is 9.86. The van der Waals surface area contributed by atoms with Crippen molar-refractivity contribution >= 4 is 0 Å². The molecule has 0 aromatic heterocycles. The van der Waals surface area contributed by atoms with E-state index in [0.29, 0.717) is 24.6 Å². The van der Waals surface area contributed by atoms with Crippen LogP contribution in [0.4, 0.5) is 0 Å². The fourth-order valence-corrected chi connectivity index (χ4v) is 3.87. The summed E-state index contributed by atoms with van der Waals surface area (Å²) >= 11 is 0. The molecule has 0 aliphatic carbocycles.